The number of aryl methyl sites for hydroxylation is 1. The first-order valence-electron chi connectivity index (χ1n) is 12.5. The van der Waals surface area contributed by atoms with Gasteiger partial charge in [0.2, 0.25) is 11.9 Å². The van der Waals surface area contributed by atoms with Gasteiger partial charge >= 0.3 is 6.09 Å². The number of nitrogens with two attached hydrogens (primary N) is 2. The molecule has 1 aliphatic rings. The number of ether oxygens (including phenoxy) is 1. The number of benzene rings is 3. The molecule has 11 heteroatoms. The number of carbonyl (C=O) groups is 2. The molecule has 10 nitrogen and oxygen atoms in total. The Morgan fingerprint density at radius 3 is 2.13 bits per heavy atom. The Morgan fingerprint density at radius 1 is 0.949 bits per heavy atom. The van der Waals surface area contributed by atoms with E-state index in [0.717, 1.165) is 27.8 Å². The minimum Gasteiger partial charge on any atom is -0.449 e. The quantitative estimate of drug-likeness (QED) is 0.172. The zero-order valence-corrected chi connectivity index (χ0v) is 22.3. The molecule has 4 rings (SSSR count). The van der Waals surface area contributed by atoms with E-state index in [-0.39, 0.29) is 36.3 Å². The smallest absolute Gasteiger partial charge is 0.407 e. The molecule has 204 valence electrons. The van der Waals surface area contributed by atoms with E-state index in [1.54, 1.807) is 12.1 Å². The number of nitrogens with one attached hydrogen (secondary N) is 2. The number of hydrogen-bond acceptors (Lipinski definition) is 6. The fourth-order valence-electron chi connectivity index (χ4n) is 4.51. The Morgan fingerprint density at radius 2 is 1.54 bits per heavy atom. The molecule has 0 unspecified atom stereocenters. The summed E-state index contributed by atoms with van der Waals surface area (Å²) in [5.74, 6) is -1.12. The van der Waals surface area contributed by atoms with Crippen molar-refractivity contribution in [2.45, 2.75) is 36.6 Å². The second kappa shape index (κ2) is 12.0. The van der Waals surface area contributed by atoms with Crippen molar-refractivity contribution in [3.8, 4) is 11.1 Å². The van der Waals surface area contributed by atoms with Gasteiger partial charge in [0.25, 0.3) is 10.0 Å². The van der Waals surface area contributed by atoms with Crippen LogP contribution in [0.3, 0.4) is 0 Å². The predicted molar refractivity (Wildman–Crippen MR) is 148 cm³/mol. The molecule has 0 heterocycles. The van der Waals surface area contributed by atoms with E-state index in [1.165, 1.54) is 12.1 Å². The van der Waals surface area contributed by atoms with E-state index in [1.807, 2.05) is 55.5 Å². The average Bonchev–Trinajstić information content (AvgIpc) is 3.22. The van der Waals surface area contributed by atoms with Crippen molar-refractivity contribution in [3.63, 3.8) is 0 Å². The summed E-state index contributed by atoms with van der Waals surface area (Å²) in [7, 11) is -3.86. The Bertz CT molecular complexity index is 1440. The molecule has 0 saturated carbocycles. The van der Waals surface area contributed by atoms with Crippen molar-refractivity contribution < 1.29 is 22.7 Å². The first-order valence-corrected chi connectivity index (χ1v) is 13.9. The summed E-state index contributed by atoms with van der Waals surface area (Å²) in [4.78, 5) is 28.5. The van der Waals surface area contributed by atoms with Crippen molar-refractivity contribution >= 4 is 28.0 Å². The van der Waals surface area contributed by atoms with Gasteiger partial charge in [-0.25, -0.2) is 17.9 Å². The van der Waals surface area contributed by atoms with Gasteiger partial charge in [0.05, 0.1) is 4.90 Å². The van der Waals surface area contributed by atoms with Gasteiger partial charge in [-0.15, -0.1) is 0 Å². The highest BCUT2D eigenvalue weighted by Gasteiger charge is 2.29. The van der Waals surface area contributed by atoms with Crippen LogP contribution in [-0.2, 0) is 19.6 Å². The molecule has 6 N–H and O–H groups in total. The predicted octanol–water partition coefficient (Wildman–Crippen LogP) is 2.76. The minimum absolute atomic E-state index is 0.0623. The normalized spacial score (nSPS) is 13.7. The number of sulfonamides is 1. The molecule has 0 fully saturated rings. The molecule has 2 amide bonds. The third-order valence-electron chi connectivity index (χ3n) is 6.48. The van der Waals surface area contributed by atoms with Crippen molar-refractivity contribution in [1.82, 2.24) is 10.0 Å². The molecule has 3 aromatic rings. The summed E-state index contributed by atoms with van der Waals surface area (Å²) in [5.41, 5.74) is 16.5. The van der Waals surface area contributed by atoms with Crippen LogP contribution in [0.15, 0.2) is 82.7 Å². The maximum atomic E-state index is 12.5. The molecule has 3 aromatic carbocycles. The lowest BCUT2D eigenvalue weighted by atomic mass is 9.98. The van der Waals surface area contributed by atoms with E-state index in [9.17, 15) is 18.0 Å². The number of nitrogens with zero attached hydrogens (tertiary/aromatic N) is 1. The highest BCUT2D eigenvalue weighted by Crippen LogP contribution is 2.44. The zero-order valence-electron chi connectivity index (χ0n) is 21.5. The van der Waals surface area contributed by atoms with Crippen LogP contribution in [0.2, 0.25) is 0 Å². The molecule has 39 heavy (non-hydrogen) atoms. The first-order chi connectivity index (χ1) is 18.7. The molecule has 0 radical (unpaired) electrons. The fraction of sp³-hybridized carbons (Fsp3) is 0.250. The van der Waals surface area contributed by atoms with Crippen LogP contribution in [-0.4, -0.2) is 45.6 Å². The summed E-state index contributed by atoms with van der Waals surface area (Å²) in [5, 5.41) is 2.51. The van der Waals surface area contributed by atoms with Gasteiger partial charge in [0.15, 0.2) is 0 Å². The van der Waals surface area contributed by atoms with E-state index in [0.29, 0.717) is 6.42 Å². The number of carbonyl (C=O) groups excluding carboxylic acids is 2. The van der Waals surface area contributed by atoms with E-state index >= 15 is 0 Å². The maximum absolute atomic E-state index is 12.5. The molecule has 1 atom stereocenters. The fourth-order valence-corrected chi connectivity index (χ4v) is 5.46. The lowest BCUT2D eigenvalue weighted by Crippen LogP contribution is -2.45. The molecule has 0 aliphatic heterocycles. The summed E-state index contributed by atoms with van der Waals surface area (Å²) in [6.07, 6.45) is -0.278. The lowest BCUT2D eigenvalue weighted by molar-refractivity contribution is -0.120. The summed E-state index contributed by atoms with van der Waals surface area (Å²) in [6, 6.07) is 21.3. The minimum atomic E-state index is -3.86. The van der Waals surface area contributed by atoms with Crippen molar-refractivity contribution in [3.05, 3.63) is 89.5 Å². The van der Waals surface area contributed by atoms with Gasteiger partial charge in [-0.2, -0.15) is 0 Å². The highest BCUT2D eigenvalue weighted by molar-refractivity contribution is 7.90. The SMILES string of the molecule is Cc1ccc(S(=O)(=O)NC(N)=NCCC[C@H](NC(=O)OCC2c3ccccc3-c3ccccc32)C(N)=O)cc1. The van der Waals surface area contributed by atoms with Crippen LogP contribution in [0.4, 0.5) is 4.79 Å². The number of rotatable bonds is 10. The van der Waals surface area contributed by atoms with Gasteiger partial charge in [-0.3, -0.25) is 9.79 Å². The molecule has 0 bridgehead atoms. The van der Waals surface area contributed by atoms with Crippen LogP contribution in [0.5, 0.6) is 0 Å². The van der Waals surface area contributed by atoms with Gasteiger partial charge in [-0.1, -0.05) is 66.2 Å². The van der Waals surface area contributed by atoms with Crippen molar-refractivity contribution in [1.29, 1.82) is 0 Å². The van der Waals surface area contributed by atoms with Gasteiger partial charge in [0.1, 0.15) is 12.6 Å². The molecular weight excluding hydrogens is 518 g/mol. The van der Waals surface area contributed by atoms with Gasteiger partial charge < -0.3 is 21.5 Å². The maximum Gasteiger partial charge on any atom is 0.407 e. The standard InChI is InChI=1S/C28H31N5O5S/c1-18-12-14-19(15-13-18)39(36,37)33-27(30)31-16-6-11-25(26(29)34)32-28(35)38-17-24-22-9-4-2-7-20(22)21-8-3-5-10-23(21)24/h2-5,7-10,12-15,24-25H,6,11,16-17H2,1H3,(H2,29,34)(H,32,35)(H3,30,31,33)/t25-/m0/s1. The van der Waals surface area contributed by atoms with Crippen molar-refractivity contribution in [2.75, 3.05) is 13.2 Å². The first kappa shape index (κ1) is 27.6. The number of aliphatic imine (C=N–C) groups is 1. The number of fused-ring (bicyclic) bond motifs is 3. The number of hydrogen-bond donors (Lipinski definition) is 4. The second-order valence-corrected chi connectivity index (χ2v) is 10.9. The van der Waals surface area contributed by atoms with Gasteiger partial charge in [0, 0.05) is 12.5 Å². The topological polar surface area (TPSA) is 166 Å². The highest BCUT2D eigenvalue weighted by atomic mass is 32.2. The van der Waals surface area contributed by atoms with Crippen LogP contribution >= 0.6 is 0 Å². The Hall–Kier alpha value is -4.38. The summed E-state index contributed by atoms with van der Waals surface area (Å²) in [6.45, 7) is 2.06. The van der Waals surface area contributed by atoms with Crippen LogP contribution in [0.25, 0.3) is 11.1 Å². The Kier molecular flexibility index (Phi) is 8.50. The third-order valence-corrected chi connectivity index (χ3v) is 7.85. The Balaban J connectivity index is 1.27. The molecule has 1 aliphatic carbocycles. The summed E-state index contributed by atoms with van der Waals surface area (Å²) >= 11 is 0. The molecular formula is C28H31N5O5S. The lowest BCUT2D eigenvalue weighted by Gasteiger charge is -2.18. The van der Waals surface area contributed by atoms with Crippen LogP contribution in [0.1, 0.15) is 35.4 Å². The molecule has 0 spiro atoms. The number of primary amides is 1. The zero-order chi connectivity index (χ0) is 28.0. The second-order valence-electron chi connectivity index (χ2n) is 9.25. The number of guanidine groups is 1. The van der Waals surface area contributed by atoms with Crippen LogP contribution in [0, 0.1) is 6.92 Å². The average molecular weight is 550 g/mol. The molecule has 0 saturated heterocycles. The third kappa shape index (κ3) is 6.74. The monoisotopic (exact) mass is 549 g/mol. The van der Waals surface area contributed by atoms with Gasteiger partial charge in [-0.05, 0) is 54.2 Å². The number of alkyl carbamates (subject to hydrolysis) is 1. The van der Waals surface area contributed by atoms with Crippen LogP contribution < -0.4 is 21.5 Å². The van der Waals surface area contributed by atoms with Crippen molar-refractivity contribution in [2.24, 2.45) is 16.5 Å². The largest absolute Gasteiger partial charge is 0.449 e. The number of amides is 2. The van der Waals surface area contributed by atoms with E-state index < -0.39 is 28.1 Å². The van der Waals surface area contributed by atoms with E-state index in [2.05, 4.69) is 15.0 Å². The molecule has 0 aromatic heterocycles. The van der Waals surface area contributed by atoms with E-state index in [4.69, 9.17) is 16.2 Å². The Labute approximate surface area is 227 Å². The summed E-state index contributed by atoms with van der Waals surface area (Å²) < 4.78 is 32.5.